The number of methoxy groups -OCH3 is 1. The lowest BCUT2D eigenvalue weighted by Crippen LogP contribution is -2.25. The van der Waals surface area contributed by atoms with Crippen LogP contribution in [0.3, 0.4) is 0 Å². The molecule has 1 N–H and O–H groups in total. The number of nitrogens with one attached hydrogen (secondary N) is 1. The fourth-order valence-electron chi connectivity index (χ4n) is 2.01. The molecule has 1 unspecified atom stereocenters. The van der Waals surface area contributed by atoms with Gasteiger partial charge in [0.2, 0.25) is 5.91 Å². The van der Waals surface area contributed by atoms with Crippen molar-refractivity contribution in [3.05, 3.63) is 53.9 Å². The van der Waals surface area contributed by atoms with Crippen molar-refractivity contribution in [1.82, 2.24) is 15.1 Å². The molecule has 0 saturated carbocycles. The van der Waals surface area contributed by atoms with E-state index in [2.05, 4.69) is 10.4 Å². The van der Waals surface area contributed by atoms with Crippen molar-refractivity contribution in [1.29, 1.82) is 0 Å². The summed E-state index contributed by atoms with van der Waals surface area (Å²) in [5.41, 5.74) is 1.80. The van der Waals surface area contributed by atoms with Crippen LogP contribution in [0.25, 0.3) is 6.08 Å². The van der Waals surface area contributed by atoms with Crippen LogP contribution in [0.15, 0.2) is 42.6 Å². The molecule has 0 bridgehead atoms. The number of aryl methyl sites for hydroxylation is 1. The highest BCUT2D eigenvalue weighted by atomic mass is 16.5. The van der Waals surface area contributed by atoms with Gasteiger partial charge in [0.1, 0.15) is 5.75 Å². The Kier molecular flexibility index (Phi) is 5.36. The second-order valence-corrected chi connectivity index (χ2v) is 4.93. The fraction of sp³-hybridized carbons (Fsp3) is 0.294. The van der Waals surface area contributed by atoms with Crippen LogP contribution in [0.5, 0.6) is 5.75 Å². The van der Waals surface area contributed by atoms with Crippen LogP contribution in [0.2, 0.25) is 0 Å². The van der Waals surface area contributed by atoms with E-state index in [-0.39, 0.29) is 11.9 Å². The molecule has 22 heavy (non-hydrogen) atoms. The van der Waals surface area contributed by atoms with E-state index in [4.69, 9.17) is 4.74 Å². The van der Waals surface area contributed by atoms with Crippen molar-refractivity contribution >= 4 is 12.0 Å². The standard InChI is InChI=1S/C17H21N3O2/c1-4-20-12-11-16(19-20)13(2)18-17(21)10-7-14-5-8-15(22-3)9-6-14/h5-13H,4H2,1-3H3,(H,18,21)/b10-7+. The molecule has 1 amide bonds. The van der Waals surface area contributed by atoms with E-state index in [1.807, 2.05) is 55.1 Å². The molecule has 0 radical (unpaired) electrons. The van der Waals surface area contributed by atoms with Crippen LogP contribution in [0.4, 0.5) is 0 Å². The Balaban J connectivity index is 1.92. The lowest BCUT2D eigenvalue weighted by atomic mass is 10.2. The van der Waals surface area contributed by atoms with Gasteiger partial charge in [0.05, 0.1) is 18.8 Å². The molecule has 2 rings (SSSR count). The summed E-state index contributed by atoms with van der Waals surface area (Å²) in [6, 6.07) is 9.31. The first kappa shape index (κ1) is 15.8. The zero-order valence-electron chi connectivity index (χ0n) is 13.1. The molecular formula is C17H21N3O2. The van der Waals surface area contributed by atoms with Gasteiger partial charge < -0.3 is 10.1 Å². The number of carbonyl (C=O) groups excluding carboxylic acids is 1. The topological polar surface area (TPSA) is 56.2 Å². The minimum atomic E-state index is -0.144. The Labute approximate surface area is 130 Å². The number of hydrogen-bond acceptors (Lipinski definition) is 3. The van der Waals surface area contributed by atoms with E-state index in [1.54, 1.807) is 13.2 Å². The minimum Gasteiger partial charge on any atom is -0.497 e. The summed E-state index contributed by atoms with van der Waals surface area (Å²) in [7, 11) is 1.62. The summed E-state index contributed by atoms with van der Waals surface area (Å²) >= 11 is 0. The van der Waals surface area contributed by atoms with Gasteiger partial charge in [0.25, 0.3) is 0 Å². The Morgan fingerprint density at radius 2 is 2.09 bits per heavy atom. The maximum absolute atomic E-state index is 11.9. The van der Waals surface area contributed by atoms with Crippen molar-refractivity contribution in [2.24, 2.45) is 0 Å². The third-order valence-electron chi connectivity index (χ3n) is 3.33. The molecule has 5 heteroatoms. The maximum Gasteiger partial charge on any atom is 0.244 e. The molecule has 1 aromatic heterocycles. The zero-order valence-corrected chi connectivity index (χ0v) is 13.1. The molecule has 1 aromatic carbocycles. The van der Waals surface area contributed by atoms with Crippen LogP contribution < -0.4 is 10.1 Å². The van der Waals surface area contributed by atoms with E-state index in [0.29, 0.717) is 0 Å². The number of nitrogens with zero attached hydrogens (tertiary/aromatic N) is 2. The Morgan fingerprint density at radius 1 is 1.36 bits per heavy atom. The van der Waals surface area contributed by atoms with Gasteiger partial charge in [0.15, 0.2) is 0 Å². The summed E-state index contributed by atoms with van der Waals surface area (Å²) < 4.78 is 6.93. The Bertz CT molecular complexity index is 644. The number of benzene rings is 1. The van der Waals surface area contributed by atoms with Crippen molar-refractivity contribution in [2.45, 2.75) is 26.4 Å². The highest BCUT2D eigenvalue weighted by molar-refractivity contribution is 5.91. The molecule has 5 nitrogen and oxygen atoms in total. The summed E-state index contributed by atoms with van der Waals surface area (Å²) in [6.45, 7) is 4.76. The molecular weight excluding hydrogens is 278 g/mol. The summed E-state index contributed by atoms with van der Waals surface area (Å²) in [6.07, 6.45) is 5.20. The first-order chi connectivity index (χ1) is 10.6. The van der Waals surface area contributed by atoms with Gasteiger partial charge in [-0.05, 0) is 43.7 Å². The van der Waals surface area contributed by atoms with Gasteiger partial charge in [-0.3, -0.25) is 9.48 Å². The predicted octanol–water partition coefficient (Wildman–Crippen LogP) is 2.80. The number of hydrogen-bond donors (Lipinski definition) is 1. The number of aromatic nitrogens is 2. The van der Waals surface area contributed by atoms with Crippen molar-refractivity contribution in [2.75, 3.05) is 7.11 Å². The van der Waals surface area contributed by atoms with Crippen LogP contribution >= 0.6 is 0 Å². The molecule has 2 aromatic rings. The average Bonchev–Trinajstić information content (AvgIpc) is 3.02. The van der Waals surface area contributed by atoms with E-state index in [9.17, 15) is 4.79 Å². The molecule has 0 aliphatic heterocycles. The van der Waals surface area contributed by atoms with Crippen LogP contribution in [0.1, 0.15) is 31.1 Å². The maximum atomic E-state index is 11.9. The van der Waals surface area contributed by atoms with E-state index in [1.165, 1.54) is 6.08 Å². The molecule has 0 saturated heterocycles. The van der Waals surface area contributed by atoms with Crippen molar-refractivity contribution in [3.8, 4) is 5.75 Å². The summed E-state index contributed by atoms with van der Waals surface area (Å²) in [5, 5.41) is 7.28. The molecule has 116 valence electrons. The summed E-state index contributed by atoms with van der Waals surface area (Å²) in [5.74, 6) is 0.649. The lowest BCUT2D eigenvalue weighted by molar-refractivity contribution is -0.117. The molecule has 0 fully saturated rings. The van der Waals surface area contributed by atoms with Gasteiger partial charge in [0, 0.05) is 18.8 Å². The highest BCUT2D eigenvalue weighted by Gasteiger charge is 2.10. The van der Waals surface area contributed by atoms with Crippen LogP contribution in [-0.2, 0) is 11.3 Å². The number of rotatable bonds is 6. The van der Waals surface area contributed by atoms with Gasteiger partial charge in [-0.15, -0.1) is 0 Å². The van der Waals surface area contributed by atoms with Gasteiger partial charge in [-0.1, -0.05) is 12.1 Å². The first-order valence-corrected chi connectivity index (χ1v) is 7.28. The summed E-state index contributed by atoms with van der Waals surface area (Å²) in [4.78, 5) is 11.9. The minimum absolute atomic E-state index is 0.124. The average molecular weight is 299 g/mol. The number of amides is 1. The van der Waals surface area contributed by atoms with Gasteiger partial charge >= 0.3 is 0 Å². The largest absolute Gasteiger partial charge is 0.497 e. The predicted molar refractivity (Wildman–Crippen MR) is 86.5 cm³/mol. The Hall–Kier alpha value is -2.56. The molecule has 0 aliphatic carbocycles. The second kappa shape index (κ2) is 7.45. The normalized spacial score (nSPS) is 12.3. The quantitative estimate of drug-likeness (QED) is 0.834. The van der Waals surface area contributed by atoms with E-state index < -0.39 is 0 Å². The second-order valence-electron chi connectivity index (χ2n) is 4.93. The first-order valence-electron chi connectivity index (χ1n) is 7.28. The van der Waals surface area contributed by atoms with Crippen LogP contribution in [-0.4, -0.2) is 22.8 Å². The number of carbonyl (C=O) groups is 1. The van der Waals surface area contributed by atoms with E-state index >= 15 is 0 Å². The fourth-order valence-corrected chi connectivity index (χ4v) is 2.01. The van der Waals surface area contributed by atoms with Crippen LogP contribution in [0, 0.1) is 0 Å². The third-order valence-corrected chi connectivity index (χ3v) is 3.33. The van der Waals surface area contributed by atoms with Gasteiger partial charge in [-0.2, -0.15) is 5.10 Å². The zero-order chi connectivity index (χ0) is 15.9. The SMILES string of the molecule is CCn1ccc(C(C)NC(=O)/C=C/c2ccc(OC)cc2)n1. The molecule has 0 spiro atoms. The van der Waals surface area contributed by atoms with Gasteiger partial charge in [-0.25, -0.2) is 0 Å². The third kappa shape index (κ3) is 4.22. The monoisotopic (exact) mass is 299 g/mol. The van der Waals surface area contributed by atoms with E-state index in [0.717, 1.165) is 23.6 Å². The molecule has 1 atom stereocenters. The Morgan fingerprint density at radius 3 is 2.68 bits per heavy atom. The van der Waals surface area contributed by atoms with Crippen molar-refractivity contribution < 1.29 is 9.53 Å². The lowest BCUT2D eigenvalue weighted by Gasteiger charge is -2.09. The highest BCUT2D eigenvalue weighted by Crippen LogP contribution is 2.13. The smallest absolute Gasteiger partial charge is 0.244 e. The molecule has 0 aliphatic rings. The number of ether oxygens (including phenoxy) is 1. The van der Waals surface area contributed by atoms with Crippen molar-refractivity contribution in [3.63, 3.8) is 0 Å². The molecule has 1 heterocycles.